The van der Waals surface area contributed by atoms with E-state index in [0.29, 0.717) is 10.7 Å². The number of carbonyl (C=O) groups excluding carboxylic acids is 3. The zero-order chi connectivity index (χ0) is 37.8. The molecule has 2 amide bonds. The van der Waals surface area contributed by atoms with Crippen molar-refractivity contribution in [3.63, 3.8) is 0 Å². The number of oxime groups is 1. The van der Waals surface area contributed by atoms with Gasteiger partial charge in [-0.2, -0.15) is 8.78 Å². The highest BCUT2D eigenvalue weighted by Gasteiger charge is 2.53. The van der Waals surface area contributed by atoms with Gasteiger partial charge < -0.3 is 25.4 Å². The fourth-order valence-corrected chi connectivity index (χ4v) is 8.74. The van der Waals surface area contributed by atoms with Gasteiger partial charge in [-0.1, -0.05) is 96.2 Å². The van der Waals surface area contributed by atoms with Gasteiger partial charge >= 0.3 is 6.61 Å². The number of thioether (sulfide) groups is 1. The lowest BCUT2D eigenvalue weighted by molar-refractivity contribution is -0.689. The summed E-state index contributed by atoms with van der Waals surface area (Å²) in [7, 11) is 0. The van der Waals surface area contributed by atoms with E-state index >= 15 is 0 Å². The van der Waals surface area contributed by atoms with E-state index in [-0.39, 0.29) is 23.7 Å². The first kappa shape index (κ1) is 36.4. The van der Waals surface area contributed by atoms with Crippen molar-refractivity contribution < 1.29 is 37.7 Å². The predicted molar refractivity (Wildman–Crippen MR) is 197 cm³/mol. The van der Waals surface area contributed by atoms with Crippen LogP contribution < -0.4 is 20.3 Å². The maximum absolute atomic E-state index is 13.7. The van der Waals surface area contributed by atoms with Crippen molar-refractivity contribution in [2.75, 3.05) is 11.1 Å². The molecule has 7 rings (SSSR count). The number of aryl methyl sites for hydroxylation is 1. The molecule has 2 aromatic heterocycles. The maximum Gasteiger partial charge on any atom is 0.407 e. The molecule has 15 heteroatoms. The molecule has 0 aliphatic carbocycles. The maximum atomic E-state index is 13.7. The fourth-order valence-electron chi connectivity index (χ4n) is 6.65. The highest BCUT2D eigenvalue weighted by molar-refractivity contribution is 8.00. The Bertz CT molecular complexity index is 2140. The van der Waals surface area contributed by atoms with Gasteiger partial charge in [0.1, 0.15) is 22.6 Å². The summed E-state index contributed by atoms with van der Waals surface area (Å²) >= 11 is 2.38. The monoisotopic (exact) mass is 766 g/mol. The molecule has 274 valence electrons. The number of alkyl halides is 2. The number of benzene rings is 3. The zero-order valence-corrected chi connectivity index (χ0v) is 30.2. The van der Waals surface area contributed by atoms with E-state index in [1.807, 2.05) is 121 Å². The first-order valence-corrected chi connectivity index (χ1v) is 18.7. The van der Waals surface area contributed by atoms with Crippen molar-refractivity contribution in [3.8, 4) is 0 Å². The van der Waals surface area contributed by atoms with Crippen LogP contribution in [0.4, 0.5) is 13.9 Å². The van der Waals surface area contributed by atoms with Crippen LogP contribution in [0.5, 0.6) is 0 Å². The van der Waals surface area contributed by atoms with Gasteiger partial charge in [0.05, 0.1) is 11.7 Å². The standard InChI is InChI=1S/C39H32F2N6O5S2/c1-24-12-11-19-46(20-24)21-25-22-53-35-31(34(49)47(35)32(25)36(50)51)43-33(48)30(45-52-37(40)41)29-23-54-38(42-29)44-39(26-13-5-2-6-14-26,27-15-7-3-8-16-27)28-17-9-4-10-18-28/h2-20,23,31,35,37H,21-22H2,1H3,(H2-,42,43,44,48,50,51)/t31?,35-/m1/s1. The summed E-state index contributed by atoms with van der Waals surface area (Å²) < 4.78 is 28.4. The highest BCUT2D eigenvalue weighted by Crippen LogP contribution is 2.42. The molecule has 11 nitrogen and oxygen atoms in total. The van der Waals surface area contributed by atoms with Crippen LogP contribution in [0.25, 0.3) is 0 Å². The number of aromatic nitrogens is 2. The summed E-state index contributed by atoms with van der Waals surface area (Å²) in [6.45, 7) is -1.22. The molecule has 2 aliphatic heterocycles. The van der Waals surface area contributed by atoms with Crippen LogP contribution in [0.2, 0.25) is 0 Å². The quantitative estimate of drug-likeness (QED) is 0.0599. The van der Waals surface area contributed by atoms with E-state index in [4.69, 9.17) is 0 Å². The number of anilines is 1. The lowest BCUT2D eigenvalue weighted by Gasteiger charge is -2.50. The minimum Gasteiger partial charge on any atom is -0.543 e. The zero-order valence-electron chi connectivity index (χ0n) is 28.6. The summed E-state index contributed by atoms with van der Waals surface area (Å²) in [5.41, 5.74) is 2.18. The molecule has 3 aromatic carbocycles. The molecule has 2 aliphatic rings. The van der Waals surface area contributed by atoms with Gasteiger partial charge in [-0.3, -0.25) is 14.5 Å². The van der Waals surface area contributed by atoms with Gasteiger partial charge in [-0.05, 0) is 29.7 Å². The topological polar surface area (TPSA) is 140 Å². The number of carboxylic acids is 1. The number of carboxylic acid groups (broad SMARTS) is 1. The number of pyridine rings is 1. The molecule has 0 spiro atoms. The molecule has 2 N–H and O–H groups in total. The van der Waals surface area contributed by atoms with Crippen LogP contribution in [0.15, 0.2) is 137 Å². The molecule has 0 bridgehead atoms. The number of thiazole rings is 1. The number of nitrogens with one attached hydrogen (secondary N) is 2. The van der Waals surface area contributed by atoms with Crippen molar-refractivity contribution in [1.82, 2.24) is 15.2 Å². The number of carbonyl (C=O) groups is 3. The molecule has 0 saturated carbocycles. The lowest BCUT2D eigenvalue weighted by Crippen LogP contribution is -2.71. The first-order chi connectivity index (χ1) is 26.2. The molecular weight excluding hydrogens is 735 g/mol. The smallest absolute Gasteiger partial charge is 0.407 e. The number of hydrogen-bond acceptors (Lipinski definition) is 10. The Kier molecular flexibility index (Phi) is 10.5. The number of amides is 2. The number of fused-ring (bicyclic) bond motifs is 1. The third kappa shape index (κ3) is 7.19. The summed E-state index contributed by atoms with van der Waals surface area (Å²) in [5.74, 6) is -2.98. The van der Waals surface area contributed by atoms with E-state index in [1.165, 1.54) is 17.1 Å². The second kappa shape index (κ2) is 15.6. The molecule has 4 heterocycles. The number of halogens is 2. The van der Waals surface area contributed by atoms with Gasteiger partial charge in [-0.25, -0.2) is 9.55 Å². The van der Waals surface area contributed by atoms with Gasteiger partial charge in [0.15, 0.2) is 29.8 Å². The fraction of sp³-hybridized carbons (Fsp3) is 0.179. The SMILES string of the molecule is Cc1ccc[n+](CC2=C(C(=O)[O-])N3C(=O)C(NC(=O)C(=NOC(F)F)c4csc(NC(c5ccccc5)(c5ccccc5)c5ccccc5)n4)[C@H]3SC2)c1. The van der Waals surface area contributed by atoms with E-state index < -0.39 is 47.1 Å². The third-order valence-corrected chi connectivity index (χ3v) is 11.1. The molecule has 54 heavy (non-hydrogen) atoms. The van der Waals surface area contributed by atoms with Crippen molar-refractivity contribution >= 4 is 51.7 Å². The molecule has 1 saturated heterocycles. The van der Waals surface area contributed by atoms with Gasteiger partial charge in [-0.15, -0.1) is 23.1 Å². The highest BCUT2D eigenvalue weighted by atomic mass is 32.2. The molecular formula is C39H32F2N6O5S2. The Hall–Kier alpha value is -5.93. The van der Waals surface area contributed by atoms with Crippen molar-refractivity contribution in [2.45, 2.75) is 37.0 Å². The van der Waals surface area contributed by atoms with E-state index in [2.05, 4.69) is 25.6 Å². The number of aliphatic carboxylic acids is 1. The number of nitrogens with zero attached hydrogens (tertiary/aromatic N) is 4. The molecule has 2 atom stereocenters. The Morgan fingerprint density at radius 3 is 2.17 bits per heavy atom. The summed E-state index contributed by atoms with van der Waals surface area (Å²) in [6, 6.07) is 31.7. The van der Waals surface area contributed by atoms with Gasteiger partial charge in [0, 0.05) is 28.3 Å². The predicted octanol–water partition coefficient (Wildman–Crippen LogP) is 4.19. The average molecular weight is 767 g/mol. The summed E-state index contributed by atoms with van der Waals surface area (Å²) in [5, 5.41) is 22.9. The van der Waals surface area contributed by atoms with Crippen LogP contribution in [0.3, 0.4) is 0 Å². The number of β-lactam (4-membered cyclic amide) rings is 1. The molecule has 0 radical (unpaired) electrons. The van der Waals surface area contributed by atoms with Crippen molar-refractivity contribution in [1.29, 1.82) is 0 Å². The molecule has 1 fully saturated rings. The van der Waals surface area contributed by atoms with E-state index in [0.717, 1.165) is 38.5 Å². The summed E-state index contributed by atoms with van der Waals surface area (Å²) in [6.07, 6.45) is 3.64. The first-order valence-electron chi connectivity index (χ1n) is 16.7. The Labute approximate surface area is 317 Å². The Morgan fingerprint density at radius 1 is 1.00 bits per heavy atom. The van der Waals surface area contributed by atoms with Gasteiger partial charge in [0.2, 0.25) is 0 Å². The van der Waals surface area contributed by atoms with Gasteiger partial charge in [0.25, 0.3) is 11.8 Å². The second-order valence-corrected chi connectivity index (χ2v) is 14.4. The third-order valence-electron chi connectivity index (χ3n) is 9.01. The average Bonchev–Trinajstić information content (AvgIpc) is 3.64. The van der Waals surface area contributed by atoms with E-state index in [1.54, 1.807) is 6.20 Å². The van der Waals surface area contributed by atoms with Crippen LogP contribution in [0.1, 0.15) is 27.9 Å². The minimum absolute atomic E-state index is 0.0866. The lowest BCUT2D eigenvalue weighted by atomic mass is 9.77. The van der Waals surface area contributed by atoms with Crippen LogP contribution in [-0.4, -0.2) is 57.2 Å². The summed E-state index contributed by atoms with van der Waals surface area (Å²) in [4.78, 5) is 49.4. The van der Waals surface area contributed by atoms with Crippen LogP contribution in [0, 0.1) is 6.92 Å². The Morgan fingerprint density at radius 2 is 1.61 bits per heavy atom. The number of hydrogen-bond donors (Lipinski definition) is 2. The second-order valence-electron chi connectivity index (χ2n) is 12.5. The largest absolute Gasteiger partial charge is 0.543 e. The Balaban J connectivity index is 1.17. The normalized spacial score (nSPS) is 17.1. The molecule has 1 unspecified atom stereocenters. The van der Waals surface area contributed by atoms with E-state index in [9.17, 15) is 28.3 Å². The minimum atomic E-state index is -3.35. The van der Waals surface area contributed by atoms with Crippen molar-refractivity contribution in [3.05, 3.63) is 160 Å². The van der Waals surface area contributed by atoms with Crippen molar-refractivity contribution in [2.24, 2.45) is 5.16 Å². The number of rotatable bonds is 13. The van der Waals surface area contributed by atoms with Crippen LogP contribution >= 0.6 is 23.1 Å². The molecule has 5 aromatic rings. The van der Waals surface area contributed by atoms with Crippen LogP contribution in [-0.2, 0) is 31.3 Å².